The smallest absolute Gasteiger partial charge is 0.410 e. The molecule has 3 fully saturated rings. The first-order chi connectivity index (χ1) is 23.8. The summed E-state index contributed by atoms with van der Waals surface area (Å²) >= 11 is 6.47. The molecule has 0 spiro atoms. The molecule has 3 atom stereocenters. The Morgan fingerprint density at radius 2 is 1.86 bits per heavy atom. The Bertz CT molecular complexity index is 1670. The number of aliphatic hydroxyl groups is 1. The molecule has 10 nitrogen and oxygen atoms in total. The fourth-order valence-corrected chi connectivity index (χ4v) is 8.36. The van der Waals surface area contributed by atoms with Crippen LogP contribution in [0.5, 0.6) is 0 Å². The zero-order chi connectivity index (χ0) is 33.9. The van der Waals surface area contributed by atoms with Gasteiger partial charge in [-0.3, -0.25) is 19.6 Å². The molecule has 3 aromatic rings. The van der Waals surface area contributed by atoms with Gasteiger partial charge in [0.1, 0.15) is 6.10 Å². The number of imidazole rings is 1. The molecule has 4 aliphatic rings. The SMILES string of the molecule is Cc1cn(C[C@@H]2CCCN(C(=O)/C=C/C3CN([C@H]4c5ccc(Cl)cc5CCc5cccnc54)CCN3C(=O)OC3CCC(O)CC3)C2)cn1. The van der Waals surface area contributed by atoms with E-state index in [0.717, 1.165) is 55.2 Å². The third kappa shape index (κ3) is 7.87. The molecule has 49 heavy (non-hydrogen) atoms. The number of aryl methyl sites for hydroxylation is 3. The van der Waals surface area contributed by atoms with Crippen LogP contribution in [0.3, 0.4) is 0 Å². The molecule has 11 heteroatoms. The largest absolute Gasteiger partial charge is 0.446 e. The summed E-state index contributed by atoms with van der Waals surface area (Å²) in [6.45, 7) is 5.85. The van der Waals surface area contributed by atoms with E-state index in [-0.39, 0.29) is 36.3 Å². The maximum atomic E-state index is 13.8. The van der Waals surface area contributed by atoms with Gasteiger partial charge in [-0.2, -0.15) is 0 Å². The Morgan fingerprint density at radius 3 is 2.67 bits per heavy atom. The third-order valence-corrected chi connectivity index (χ3v) is 11.0. The van der Waals surface area contributed by atoms with E-state index in [1.54, 1.807) is 11.0 Å². The molecule has 1 N–H and O–H groups in total. The number of nitrogens with zero attached hydrogens (tertiary/aromatic N) is 6. The molecule has 1 aromatic carbocycles. The minimum absolute atomic E-state index is 0.0281. The van der Waals surface area contributed by atoms with Gasteiger partial charge in [-0.25, -0.2) is 9.78 Å². The second-order valence-electron chi connectivity index (χ2n) is 14.2. The van der Waals surface area contributed by atoms with Gasteiger partial charge in [-0.05, 0) is 99.1 Å². The van der Waals surface area contributed by atoms with Crippen LogP contribution in [0.2, 0.25) is 5.02 Å². The third-order valence-electron chi connectivity index (χ3n) is 10.7. The van der Waals surface area contributed by atoms with Crippen molar-refractivity contribution in [3.8, 4) is 0 Å². The fraction of sp³-hybridized carbons (Fsp3) is 0.526. The van der Waals surface area contributed by atoms with Crippen LogP contribution in [0, 0.1) is 12.8 Å². The lowest BCUT2D eigenvalue weighted by Gasteiger charge is -2.43. The summed E-state index contributed by atoms with van der Waals surface area (Å²) in [5.74, 6) is 0.335. The predicted molar refractivity (Wildman–Crippen MR) is 187 cm³/mol. The van der Waals surface area contributed by atoms with Gasteiger partial charge in [0.2, 0.25) is 5.91 Å². The van der Waals surface area contributed by atoms with E-state index < -0.39 is 0 Å². The number of benzene rings is 1. The van der Waals surface area contributed by atoms with Gasteiger partial charge < -0.3 is 19.3 Å². The molecular formula is C38H47ClN6O4. The van der Waals surface area contributed by atoms with Crippen LogP contribution < -0.4 is 0 Å². The minimum Gasteiger partial charge on any atom is -0.446 e. The van der Waals surface area contributed by atoms with E-state index in [1.807, 2.05) is 48.8 Å². The van der Waals surface area contributed by atoms with Crippen molar-refractivity contribution < 1.29 is 19.4 Å². The van der Waals surface area contributed by atoms with Gasteiger partial charge in [0.05, 0.1) is 35.9 Å². The predicted octanol–water partition coefficient (Wildman–Crippen LogP) is 5.35. The van der Waals surface area contributed by atoms with Crippen LogP contribution in [0.4, 0.5) is 4.79 Å². The molecule has 2 aromatic heterocycles. The van der Waals surface area contributed by atoms with Crippen molar-refractivity contribution in [1.29, 1.82) is 0 Å². The number of amides is 2. The number of fused-ring (bicyclic) bond motifs is 2. The van der Waals surface area contributed by atoms with E-state index in [4.69, 9.17) is 21.3 Å². The van der Waals surface area contributed by atoms with Crippen molar-refractivity contribution in [1.82, 2.24) is 29.2 Å². The number of ether oxygens (including phenoxy) is 1. The quantitative estimate of drug-likeness (QED) is 0.349. The molecular weight excluding hydrogens is 640 g/mol. The lowest BCUT2D eigenvalue weighted by molar-refractivity contribution is -0.127. The molecule has 2 amide bonds. The first-order valence-corrected chi connectivity index (χ1v) is 18.3. The van der Waals surface area contributed by atoms with Gasteiger partial charge in [0.15, 0.2) is 0 Å². The summed E-state index contributed by atoms with van der Waals surface area (Å²) in [6.07, 6.45) is 14.8. The standard InChI is InChI=1S/C38H47ClN6O4/c1-26-21-42(25-41-26)22-27-4-3-17-43(23-27)35(47)15-9-31-24-44(18-19-45(31)38(48)49-33-12-10-32(46)11-13-33)37-34-14-8-30(39)20-29(34)7-6-28-5-2-16-40-36(28)37/h2,5,8-9,14-16,20-21,25,27,31-33,37,46H,3-4,6-7,10-13,17-19,22-24H2,1H3/b15-9+/t27-,31?,32?,33?,37-/m0/s1. The van der Waals surface area contributed by atoms with Crippen molar-refractivity contribution in [2.45, 2.75) is 89.1 Å². The lowest BCUT2D eigenvalue weighted by Crippen LogP contribution is -2.56. The molecule has 0 radical (unpaired) electrons. The van der Waals surface area contributed by atoms with Gasteiger partial charge in [0, 0.05) is 62.8 Å². The number of carbonyl (C=O) groups excluding carboxylic acids is 2. The van der Waals surface area contributed by atoms with Crippen LogP contribution in [-0.2, 0) is 28.9 Å². The highest BCUT2D eigenvalue weighted by Crippen LogP contribution is 2.38. The monoisotopic (exact) mass is 686 g/mol. The molecule has 7 rings (SSSR count). The van der Waals surface area contributed by atoms with Crippen LogP contribution in [0.1, 0.15) is 72.6 Å². The zero-order valence-corrected chi connectivity index (χ0v) is 29.0. The summed E-state index contributed by atoms with van der Waals surface area (Å²) in [6, 6.07) is 9.82. The fourth-order valence-electron chi connectivity index (χ4n) is 8.17. The first kappa shape index (κ1) is 33.8. The topological polar surface area (TPSA) is 104 Å². The molecule has 260 valence electrons. The molecule has 1 saturated carbocycles. The number of carbonyl (C=O) groups is 2. The summed E-state index contributed by atoms with van der Waals surface area (Å²) in [7, 11) is 0. The highest BCUT2D eigenvalue weighted by Gasteiger charge is 2.38. The van der Waals surface area contributed by atoms with E-state index in [9.17, 15) is 14.7 Å². The van der Waals surface area contributed by atoms with Crippen LogP contribution in [0.25, 0.3) is 0 Å². The molecule has 0 bridgehead atoms. The number of hydrogen-bond donors (Lipinski definition) is 1. The average molecular weight is 687 g/mol. The van der Waals surface area contributed by atoms with Crippen molar-refractivity contribution >= 4 is 23.6 Å². The van der Waals surface area contributed by atoms with Gasteiger partial charge in [0.25, 0.3) is 0 Å². The Balaban J connectivity index is 1.12. The van der Waals surface area contributed by atoms with E-state index in [1.165, 1.54) is 16.7 Å². The summed E-state index contributed by atoms with van der Waals surface area (Å²) in [5.41, 5.74) is 5.64. The number of rotatable bonds is 6. The van der Waals surface area contributed by atoms with Crippen molar-refractivity contribution in [2.24, 2.45) is 5.92 Å². The van der Waals surface area contributed by atoms with Crippen LogP contribution >= 0.6 is 11.6 Å². The van der Waals surface area contributed by atoms with Crippen molar-refractivity contribution in [3.05, 3.63) is 94.3 Å². The summed E-state index contributed by atoms with van der Waals surface area (Å²) < 4.78 is 8.14. The number of halogens is 1. The second kappa shape index (κ2) is 15.0. The number of aliphatic hydroxyl groups excluding tert-OH is 1. The second-order valence-corrected chi connectivity index (χ2v) is 14.7. The highest BCUT2D eigenvalue weighted by atomic mass is 35.5. The Hall–Kier alpha value is -3.73. The van der Waals surface area contributed by atoms with E-state index in [2.05, 4.69) is 32.7 Å². The number of aromatic nitrogens is 3. The Kier molecular flexibility index (Phi) is 10.4. The number of piperazine rings is 1. The highest BCUT2D eigenvalue weighted by molar-refractivity contribution is 6.30. The van der Waals surface area contributed by atoms with Crippen molar-refractivity contribution in [3.63, 3.8) is 0 Å². The Labute approximate surface area is 293 Å². The van der Waals surface area contributed by atoms with Gasteiger partial charge in [-0.1, -0.05) is 29.8 Å². The number of piperidine rings is 1. The van der Waals surface area contributed by atoms with Gasteiger partial charge >= 0.3 is 6.09 Å². The molecule has 2 aliphatic heterocycles. The minimum atomic E-state index is -0.375. The Morgan fingerprint density at radius 1 is 1.02 bits per heavy atom. The molecule has 2 aliphatic carbocycles. The molecule has 4 heterocycles. The summed E-state index contributed by atoms with van der Waals surface area (Å²) in [5, 5.41) is 10.7. The average Bonchev–Trinajstić information content (AvgIpc) is 3.44. The number of pyridine rings is 1. The molecule has 1 unspecified atom stereocenters. The van der Waals surface area contributed by atoms with Crippen LogP contribution in [-0.4, -0.2) is 97.3 Å². The zero-order valence-electron chi connectivity index (χ0n) is 28.3. The first-order valence-electron chi connectivity index (χ1n) is 17.9. The van der Waals surface area contributed by atoms with Crippen molar-refractivity contribution in [2.75, 3.05) is 32.7 Å². The number of likely N-dealkylation sites (tertiary alicyclic amines) is 1. The number of hydrogen-bond acceptors (Lipinski definition) is 7. The normalized spacial score (nSPS) is 26.2. The van der Waals surface area contributed by atoms with Gasteiger partial charge in [-0.15, -0.1) is 0 Å². The maximum absolute atomic E-state index is 13.8. The maximum Gasteiger partial charge on any atom is 0.410 e. The van der Waals surface area contributed by atoms with E-state index in [0.29, 0.717) is 57.8 Å². The summed E-state index contributed by atoms with van der Waals surface area (Å²) in [4.78, 5) is 42.8. The van der Waals surface area contributed by atoms with E-state index >= 15 is 0 Å². The molecule has 2 saturated heterocycles. The van der Waals surface area contributed by atoms with Crippen LogP contribution in [0.15, 0.2) is 61.2 Å². The lowest BCUT2D eigenvalue weighted by atomic mass is 9.95.